The van der Waals surface area contributed by atoms with Crippen LogP contribution in [0.5, 0.6) is 0 Å². The summed E-state index contributed by atoms with van der Waals surface area (Å²) in [6.45, 7) is 7.92. The number of aromatic nitrogens is 3. The highest BCUT2D eigenvalue weighted by Crippen LogP contribution is 2.24. The summed E-state index contributed by atoms with van der Waals surface area (Å²) in [7, 11) is 0. The SMILES string of the molecule is CC(=O)c1ccc(-n2cc3c(n2)CN(C(=O)OC(C)(C)C)C3)nc1. The number of carbonyl (C=O) groups excluding carboxylic acids is 2. The Morgan fingerprint density at radius 1 is 1.21 bits per heavy atom. The number of carbonyl (C=O) groups is 2. The minimum Gasteiger partial charge on any atom is -0.444 e. The van der Waals surface area contributed by atoms with E-state index >= 15 is 0 Å². The van der Waals surface area contributed by atoms with E-state index in [9.17, 15) is 9.59 Å². The van der Waals surface area contributed by atoms with Crippen molar-refractivity contribution in [1.82, 2.24) is 19.7 Å². The van der Waals surface area contributed by atoms with Gasteiger partial charge in [0.05, 0.1) is 18.8 Å². The van der Waals surface area contributed by atoms with Crippen LogP contribution in [0.1, 0.15) is 49.3 Å². The zero-order chi connectivity index (χ0) is 17.5. The Kier molecular flexibility index (Phi) is 3.87. The van der Waals surface area contributed by atoms with Gasteiger partial charge < -0.3 is 4.74 Å². The first-order valence-corrected chi connectivity index (χ1v) is 7.75. The third-order valence-corrected chi connectivity index (χ3v) is 3.62. The molecular formula is C17H20N4O3. The van der Waals surface area contributed by atoms with E-state index in [1.807, 2.05) is 27.0 Å². The van der Waals surface area contributed by atoms with Crippen LogP contribution in [0.25, 0.3) is 5.82 Å². The lowest BCUT2D eigenvalue weighted by Crippen LogP contribution is -2.33. The summed E-state index contributed by atoms with van der Waals surface area (Å²) in [5, 5.41) is 4.48. The molecule has 0 radical (unpaired) electrons. The van der Waals surface area contributed by atoms with E-state index < -0.39 is 5.60 Å². The Labute approximate surface area is 140 Å². The largest absolute Gasteiger partial charge is 0.444 e. The molecule has 0 aromatic carbocycles. The topological polar surface area (TPSA) is 77.3 Å². The second-order valence-corrected chi connectivity index (χ2v) is 6.84. The van der Waals surface area contributed by atoms with Crippen molar-refractivity contribution in [2.45, 2.75) is 46.4 Å². The molecule has 0 fully saturated rings. The van der Waals surface area contributed by atoms with Crippen LogP contribution in [0.2, 0.25) is 0 Å². The molecule has 2 aromatic heterocycles. The lowest BCUT2D eigenvalue weighted by molar-refractivity contribution is 0.0239. The molecule has 0 spiro atoms. The van der Waals surface area contributed by atoms with E-state index in [0.717, 1.165) is 11.3 Å². The van der Waals surface area contributed by atoms with Gasteiger partial charge in [0, 0.05) is 23.5 Å². The molecule has 1 aliphatic rings. The highest BCUT2D eigenvalue weighted by atomic mass is 16.6. The van der Waals surface area contributed by atoms with Crippen molar-refractivity contribution in [3.63, 3.8) is 0 Å². The van der Waals surface area contributed by atoms with Gasteiger partial charge in [-0.1, -0.05) is 0 Å². The normalized spacial score (nSPS) is 13.8. The Bertz CT molecular complexity index is 764. The van der Waals surface area contributed by atoms with Crippen LogP contribution < -0.4 is 0 Å². The molecule has 0 saturated heterocycles. The number of rotatable bonds is 2. The summed E-state index contributed by atoms with van der Waals surface area (Å²) in [4.78, 5) is 29.3. The third kappa shape index (κ3) is 3.29. The minimum atomic E-state index is -0.514. The fraction of sp³-hybridized carbons (Fsp3) is 0.412. The molecule has 7 nitrogen and oxygen atoms in total. The van der Waals surface area contributed by atoms with E-state index in [-0.39, 0.29) is 11.9 Å². The Hall–Kier alpha value is -2.70. The van der Waals surface area contributed by atoms with Gasteiger partial charge in [-0.2, -0.15) is 5.10 Å². The van der Waals surface area contributed by atoms with Crippen molar-refractivity contribution in [2.24, 2.45) is 0 Å². The standard InChI is InChI=1S/C17H20N4O3/c1-11(22)12-5-6-15(18-7-12)21-9-13-8-20(10-14(13)19-21)16(23)24-17(2,3)4/h5-7,9H,8,10H2,1-4H3. The number of pyridine rings is 1. The fourth-order valence-corrected chi connectivity index (χ4v) is 2.46. The van der Waals surface area contributed by atoms with Crippen LogP contribution >= 0.6 is 0 Å². The summed E-state index contributed by atoms with van der Waals surface area (Å²) in [5.41, 5.74) is 1.85. The molecular weight excluding hydrogens is 308 g/mol. The molecule has 0 N–H and O–H groups in total. The number of amides is 1. The number of fused-ring (bicyclic) bond motifs is 1. The molecule has 3 heterocycles. The maximum absolute atomic E-state index is 12.1. The van der Waals surface area contributed by atoms with Crippen LogP contribution in [0.4, 0.5) is 4.79 Å². The van der Waals surface area contributed by atoms with Gasteiger partial charge in [0.1, 0.15) is 5.60 Å². The van der Waals surface area contributed by atoms with Crippen molar-refractivity contribution in [2.75, 3.05) is 0 Å². The van der Waals surface area contributed by atoms with E-state index in [4.69, 9.17) is 4.74 Å². The number of ketones is 1. The third-order valence-electron chi connectivity index (χ3n) is 3.62. The first-order chi connectivity index (χ1) is 11.2. The summed E-state index contributed by atoms with van der Waals surface area (Å²) < 4.78 is 7.05. The predicted molar refractivity (Wildman–Crippen MR) is 86.8 cm³/mol. The van der Waals surface area contributed by atoms with Crippen molar-refractivity contribution in [3.05, 3.63) is 41.3 Å². The number of nitrogens with zero attached hydrogens (tertiary/aromatic N) is 4. The molecule has 3 rings (SSSR count). The number of hydrogen-bond acceptors (Lipinski definition) is 5. The quantitative estimate of drug-likeness (QED) is 0.792. The smallest absolute Gasteiger partial charge is 0.410 e. The molecule has 0 bridgehead atoms. The van der Waals surface area contributed by atoms with Crippen LogP contribution in [-0.4, -0.2) is 37.1 Å². The van der Waals surface area contributed by atoms with E-state index in [1.54, 1.807) is 21.7 Å². The first kappa shape index (κ1) is 16.2. The van der Waals surface area contributed by atoms with Gasteiger partial charge in [0.25, 0.3) is 0 Å². The molecule has 1 amide bonds. The molecule has 0 unspecified atom stereocenters. The van der Waals surface area contributed by atoms with Crippen molar-refractivity contribution in [3.8, 4) is 5.82 Å². The van der Waals surface area contributed by atoms with Gasteiger partial charge >= 0.3 is 6.09 Å². The maximum atomic E-state index is 12.1. The van der Waals surface area contributed by atoms with E-state index in [2.05, 4.69) is 10.1 Å². The van der Waals surface area contributed by atoms with Crippen LogP contribution in [0, 0.1) is 0 Å². The van der Waals surface area contributed by atoms with Crippen LogP contribution in [0.15, 0.2) is 24.5 Å². The minimum absolute atomic E-state index is 0.0231. The van der Waals surface area contributed by atoms with Crippen LogP contribution in [-0.2, 0) is 17.8 Å². The van der Waals surface area contributed by atoms with E-state index in [0.29, 0.717) is 24.5 Å². The Balaban J connectivity index is 1.72. The lowest BCUT2D eigenvalue weighted by Gasteiger charge is -2.24. The molecule has 7 heteroatoms. The van der Waals surface area contributed by atoms with Gasteiger partial charge in [-0.25, -0.2) is 14.5 Å². The lowest BCUT2D eigenvalue weighted by atomic mass is 10.2. The summed E-state index contributed by atoms with van der Waals surface area (Å²) in [6, 6.07) is 3.48. The summed E-state index contributed by atoms with van der Waals surface area (Å²) in [5.74, 6) is 0.614. The number of Topliss-reactive ketones (excluding diaryl/α,β-unsaturated/α-hetero) is 1. The first-order valence-electron chi connectivity index (χ1n) is 7.75. The second kappa shape index (κ2) is 5.74. The summed E-state index contributed by atoms with van der Waals surface area (Å²) >= 11 is 0. The number of ether oxygens (including phenoxy) is 1. The van der Waals surface area contributed by atoms with Crippen molar-refractivity contribution in [1.29, 1.82) is 0 Å². The predicted octanol–water partition coefficient (Wildman–Crippen LogP) is 2.72. The molecule has 0 atom stereocenters. The van der Waals surface area contributed by atoms with Crippen LogP contribution in [0.3, 0.4) is 0 Å². The molecule has 126 valence electrons. The average molecular weight is 328 g/mol. The molecule has 2 aromatic rings. The average Bonchev–Trinajstić information content (AvgIpc) is 3.04. The molecule has 1 aliphatic heterocycles. The molecule has 0 aliphatic carbocycles. The maximum Gasteiger partial charge on any atom is 0.410 e. The van der Waals surface area contributed by atoms with Gasteiger partial charge in [0.15, 0.2) is 11.6 Å². The Morgan fingerprint density at radius 2 is 1.96 bits per heavy atom. The highest BCUT2D eigenvalue weighted by Gasteiger charge is 2.30. The van der Waals surface area contributed by atoms with Crippen molar-refractivity contribution >= 4 is 11.9 Å². The van der Waals surface area contributed by atoms with Crippen molar-refractivity contribution < 1.29 is 14.3 Å². The Morgan fingerprint density at radius 3 is 2.50 bits per heavy atom. The molecule has 0 saturated carbocycles. The van der Waals surface area contributed by atoms with Gasteiger partial charge in [-0.3, -0.25) is 9.69 Å². The zero-order valence-electron chi connectivity index (χ0n) is 14.2. The number of hydrogen-bond donors (Lipinski definition) is 0. The van der Waals surface area contributed by atoms with Gasteiger partial charge in [-0.15, -0.1) is 0 Å². The van der Waals surface area contributed by atoms with Gasteiger partial charge in [-0.05, 0) is 39.8 Å². The highest BCUT2D eigenvalue weighted by molar-refractivity contribution is 5.93. The second-order valence-electron chi connectivity index (χ2n) is 6.84. The molecule has 24 heavy (non-hydrogen) atoms. The zero-order valence-corrected chi connectivity index (χ0v) is 14.2. The summed E-state index contributed by atoms with van der Waals surface area (Å²) in [6.07, 6.45) is 3.06. The van der Waals surface area contributed by atoms with E-state index in [1.165, 1.54) is 13.1 Å². The monoisotopic (exact) mass is 328 g/mol. The fourth-order valence-electron chi connectivity index (χ4n) is 2.46. The van der Waals surface area contributed by atoms with Gasteiger partial charge in [0.2, 0.25) is 0 Å².